The van der Waals surface area contributed by atoms with Gasteiger partial charge in [0.2, 0.25) is 0 Å². The summed E-state index contributed by atoms with van der Waals surface area (Å²) in [7, 11) is 0. The molecule has 0 heterocycles. The first-order chi connectivity index (χ1) is 10.6. The Balaban J connectivity index is 1.76. The molecule has 0 saturated carbocycles. The van der Waals surface area contributed by atoms with E-state index in [9.17, 15) is 5.11 Å². The zero-order valence-electron chi connectivity index (χ0n) is 12.3. The van der Waals surface area contributed by atoms with Crippen LogP contribution in [0, 0.1) is 0 Å². The molecule has 0 spiro atoms. The number of rotatable bonds is 7. The molecule has 0 aliphatic carbocycles. The van der Waals surface area contributed by atoms with Crippen LogP contribution in [-0.4, -0.2) is 24.4 Å². The molecule has 0 aliphatic heterocycles. The van der Waals surface area contributed by atoms with Gasteiger partial charge in [-0.25, -0.2) is 0 Å². The lowest BCUT2D eigenvalue weighted by Gasteiger charge is -2.18. The highest BCUT2D eigenvalue weighted by atomic mass is 35.5. The average molecular weight is 340 g/mol. The SMILES string of the molecule is CC(NCC(O)COc1ccccc1Cl)c1ccc(Cl)cc1. The average Bonchev–Trinajstić information content (AvgIpc) is 2.52. The fraction of sp³-hybridized carbons (Fsp3) is 0.294. The summed E-state index contributed by atoms with van der Waals surface area (Å²) in [5.41, 5.74) is 1.11. The van der Waals surface area contributed by atoms with Crippen LogP contribution in [0.25, 0.3) is 0 Å². The van der Waals surface area contributed by atoms with Crippen molar-refractivity contribution in [1.82, 2.24) is 5.32 Å². The van der Waals surface area contributed by atoms with E-state index in [-0.39, 0.29) is 12.6 Å². The summed E-state index contributed by atoms with van der Waals surface area (Å²) in [5, 5.41) is 14.5. The van der Waals surface area contributed by atoms with Crippen molar-refractivity contribution in [2.75, 3.05) is 13.2 Å². The first-order valence-electron chi connectivity index (χ1n) is 7.10. The number of nitrogens with one attached hydrogen (secondary N) is 1. The second-order valence-corrected chi connectivity index (χ2v) is 5.92. The van der Waals surface area contributed by atoms with Gasteiger partial charge in [0.15, 0.2) is 0 Å². The molecule has 2 atom stereocenters. The molecule has 0 aliphatic rings. The predicted octanol–water partition coefficient (Wildman–Crippen LogP) is 4.08. The summed E-state index contributed by atoms with van der Waals surface area (Å²) in [5.74, 6) is 0.578. The Kier molecular flexibility index (Phi) is 6.52. The van der Waals surface area contributed by atoms with Gasteiger partial charge in [-0.05, 0) is 36.8 Å². The third-order valence-electron chi connectivity index (χ3n) is 3.30. The van der Waals surface area contributed by atoms with Gasteiger partial charge in [0, 0.05) is 17.6 Å². The van der Waals surface area contributed by atoms with Crippen molar-refractivity contribution in [2.24, 2.45) is 0 Å². The summed E-state index contributed by atoms with van der Waals surface area (Å²) in [6, 6.07) is 15.0. The van der Waals surface area contributed by atoms with Crippen molar-refractivity contribution in [3.05, 3.63) is 64.1 Å². The van der Waals surface area contributed by atoms with Crippen LogP contribution in [0.15, 0.2) is 48.5 Å². The quantitative estimate of drug-likeness (QED) is 0.798. The van der Waals surface area contributed by atoms with Gasteiger partial charge in [-0.1, -0.05) is 47.5 Å². The lowest BCUT2D eigenvalue weighted by molar-refractivity contribution is 0.104. The summed E-state index contributed by atoms with van der Waals surface area (Å²) in [6.45, 7) is 2.64. The van der Waals surface area contributed by atoms with Crippen LogP contribution < -0.4 is 10.1 Å². The van der Waals surface area contributed by atoms with E-state index in [1.54, 1.807) is 12.1 Å². The van der Waals surface area contributed by atoms with Crippen LogP contribution in [0.5, 0.6) is 5.75 Å². The minimum atomic E-state index is -0.619. The van der Waals surface area contributed by atoms with Crippen molar-refractivity contribution < 1.29 is 9.84 Å². The van der Waals surface area contributed by atoms with Gasteiger partial charge in [-0.2, -0.15) is 0 Å². The van der Waals surface area contributed by atoms with Crippen LogP contribution in [0.4, 0.5) is 0 Å². The highest BCUT2D eigenvalue weighted by Gasteiger charge is 2.10. The summed E-state index contributed by atoms with van der Waals surface area (Å²) >= 11 is 11.9. The number of aliphatic hydroxyl groups excluding tert-OH is 1. The minimum Gasteiger partial charge on any atom is -0.489 e. The monoisotopic (exact) mass is 339 g/mol. The number of hydrogen-bond donors (Lipinski definition) is 2. The van der Waals surface area contributed by atoms with Gasteiger partial charge in [0.05, 0.1) is 5.02 Å². The molecule has 0 bridgehead atoms. The zero-order valence-corrected chi connectivity index (χ0v) is 13.8. The Labute approximate surface area is 140 Å². The molecule has 0 saturated heterocycles. The van der Waals surface area contributed by atoms with E-state index in [0.29, 0.717) is 22.3 Å². The van der Waals surface area contributed by atoms with Crippen molar-refractivity contribution in [1.29, 1.82) is 0 Å². The largest absolute Gasteiger partial charge is 0.489 e. The van der Waals surface area contributed by atoms with Crippen molar-refractivity contribution >= 4 is 23.2 Å². The van der Waals surface area contributed by atoms with Gasteiger partial charge in [0.1, 0.15) is 18.5 Å². The number of para-hydroxylation sites is 1. The molecule has 2 aromatic rings. The molecule has 0 fully saturated rings. The van der Waals surface area contributed by atoms with Crippen LogP contribution in [0.2, 0.25) is 10.0 Å². The normalized spacial score (nSPS) is 13.6. The van der Waals surface area contributed by atoms with E-state index in [1.807, 2.05) is 43.3 Å². The molecule has 2 N–H and O–H groups in total. The smallest absolute Gasteiger partial charge is 0.138 e. The lowest BCUT2D eigenvalue weighted by Crippen LogP contribution is -2.33. The first kappa shape index (κ1) is 17.1. The molecular weight excluding hydrogens is 321 g/mol. The molecule has 2 unspecified atom stereocenters. The number of ether oxygens (including phenoxy) is 1. The van der Waals surface area contributed by atoms with Gasteiger partial charge in [-0.15, -0.1) is 0 Å². The summed E-state index contributed by atoms with van der Waals surface area (Å²) < 4.78 is 5.51. The fourth-order valence-corrected chi connectivity index (χ4v) is 2.31. The van der Waals surface area contributed by atoms with E-state index >= 15 is 0 Å². The molecule has 0 aromatic heterocycles. The van der Waals surface area contributed by atoms with Gasteiger partial charge in [-0.3, -0.25) is 0 Å². The molecule has 118 valence electrons. The van der Waals surface area contributed by atoms with E-state index in [2.05, 4.69) is 5.32 Å². The van der Waals surface area contributed by atoms with E-state index in [1.165, 1.54) is 0 Å². The number of halogens is 2. The summed E-state index contributed by atoms with van der Waals surface area (Å²) in [4.78, 5) is 0. The highest BCUT2D eigenvalue weighted by molar-refractivity contribution is 6.32. The van der Waals surface area contributed by atoms with Crippen LogP contribution in [-0.2, 0) is 0 Å². The molecule has 2 aromatic carbocycles. The second kappa shape index (κ2) is 8.39. The molecule has 3 nitrogen and oxygen atoms in total. The van der Waals surface area contributed by atoms with Crippen molar-refractivity contribution in [3.63, 3.8) is 0 Å². The number of aliphatic hydroxyl groups is 1. The standard InChI is InChI=1S/C17H19Cl2NO2/c1-12(13-6-8-14(18)9-7-13)20-10-15(21)11-22-17-5-3-2-4-16(17)19/h2-9,12,15,20-21H,10-11H2,1H3. The third kappa shape index (κ3) is 5.18. The Hall–Kier alpha value is -1.26. The molecular formula is C17H19Cl2NO2. The minimum absolute atomic E-state index is 0.118. The second-order valence-electron chi connectivity index (χ2n) is 5.08. The highest BCUT2D eigenvalue weighted by Crippen LogP contribution is 2.23. The predicted molar refractivity (Wildman–Crippen MR) is 90.8 cm³/mol. The molecule has 2 rings (SSSR count). The Morgan fingerprint density at radius 3 is 2.45 bits per heavy atom. The maximum absolute atomic E-state index is 9.99. The van der Waals surface area contributed by atoms with Crippen LogP contribution >= 0.6 is 23.2 Å². The van der Waals surface area contributed by atoms with Gasteiger partial charge < -0.3 is 15.2 Å². The molecule has 0 radical (unpaired) electrons. The maximum atomic E-state index is 9.99. The van der Waals surface area contributed by atoms with Crippen molar-refractivity contribution in [3.8, 4) is 5.75 Å². The lowest BCUT2D eigenvalue weighted by atomic mass is 10.1. The molecule has 5 heteroatoms. The maximum Gasteiger partial charge on any atom is 0.138 e. The third-order valence-corrected chi connectivity index (χ3v) is 3.86. The molecule has 0 amide bonds. The Morgan fingerprint density at radius 1 is 1.09 bits per heavy atom. The number of hydrogen-bond acceptors (Lipinski definition) is 3. The summed E-state index contributed by atoms with van der Waals surface area (Å²) in [6.07, 6.45) is -0.619. The van der Waals surface area contributed by atoms with Gasteiger partial charge in [0.25, 0.3) is 0 Å². The van der Waals surface area contributed by atoms with E-state index in [4.69, 9.17) is 27.9 Å². The molecule has 22 heavy (non-hydrogen) atoms. The zero-order chi connectivity index (χ0) is 15.9. The number of benzene rings is 2. The first-order valence-corrected chi connectivity index (χ1v) is 7.86. The Morgan fingerprint density at radius 2 is 1.77 bits per heavy atom. The van der Waals surface area contributed by atoms with E-state index in [0.717, 1.165) is 5.56 Å². The van der Waals surface area contributed by atoms with Crippen molar-refractivity contribution in [2.45, 2.75) is 19.1 Å². The van der Waals surface area contributed by atoms with E-state index < -0.39 is 6.10 Å². The van der Waals surface area contributed by atoms with Gasteiger partial charge >= 0.3 is 0 Å². The van der Waals surface area contributed by atoms with Crippen LogP contribution in [0.3, 0.4) is 0 Å². The fourth-order valence-electron chi connectivity index (χ4n) is 1.99. The topological polar surface area (TPSA) is 41.5 Å². The van der Waals surface area contributed by atoms with Crippen LogP contribution in [0.1, 0.15) is 18.5 Å². The Bertz CT molecular complexity index is 589.